The lowest BCUT2D eigenvalue weighted by Gasteiger charge is -2.33. The summed E-state index contributed by atoms with van der Waals surface area (Å²) in [6.45, 7) is 1.62. The molecule has 0 saturated heterocycles. The highest BCUT2D eigenvalue weighted by Crippen LogP contribution is 2.38. The summed E-state index contributed by atoms with van der Waals surface area (Å²) in [5, 5.41) is 0. The first-order valence-corrected chi connectivity index (χ1v) is 15.2. The van der Waals surface area contributed by atoms with Gasteiger partial charge in [0.05, 0.1) is 20.8 Å². The maximum Gasteiger partial charge on any atom is 0.268 e. The number of sulfonamides is 1. The smallest absolute Gasteiger partial charge is 0.268 e. The van der Waals surface area contributed by atoms with Gasteiger partial charge in [-0.1, -0.05) is 12.5 Å². The first kappa shape index (κ1) is 30.1. The van der Waals surface area contributed by atoms with Crippen molar-refractivity contribution >= 4 is 15.8 Å². The summed E-state index contributed by atoms with van der Waals surface area (Å²) in [6, 6.07) is 11.5. The van der Waals surface area contributed by atoms with Crippen molar-refractivity contribution in [3.63, 3.8) is 0 Å². The maximum absolute atomic E-state index is 15.7. The molecule has 2 aromatic carbocycles. The molecule has 0 bridgehead atoms. The summed E-state index contributed by atoms with van der Waals surface area (Å²) in [5.41, 5.74) is 2.30. The van der Waals surface area contributed by atoms with Crippen LogP contribution in [-0.2, 0) is 16.6 Å². The average molecular weight is 611 g/mol. The molecule has 5 rings (SSSR count). The van der Waals surface area contributed by atoms with Gasteiger partial charge in [-0.3, -0.25) is 4.98 Å². The monoisotopic (exact) mass is 610 g/mol. The van der Waals surface area contributed by atoms with E-state index in [0.29, 0.717) is 29.5 Å². The molecule has 0 radical (unpaired) electrons. The molecule has 0 N–H and O–H groups in total. The number of hydrogen-bond acceptors (Lipinski definition) is 8. The van der Waals surface area contributed by atoms with Crippen molar-refractivity contribution in [2.75, 3.05) is 18.5 Å². The predicted molar refractivity (Wildman–Crippen MR) is 156 cm³/mol. The van der Waals surface area contributed by atoms with E-state index in [4.69, 9.17) is 14.2 Å². The van der Waals surface area contributed by atoms with Crippen LogP contribution in [0.2, 0.25) is 0 Å². The number of nitrogens with zero attached hydrogens (tertiary/aromatic N) is 4. The highest BCUT2D eigenvalue weighted by molar-refractivity contribution is 7.92. The molecule has 12 heteroatoms. The Morgan fingerprint density at radius 2 is 1.74 bits per heavy atom. The molecule has 2 heterocycles. The van der Waals surface area contributed by atoms with Crippen molar-refractivity contribution < 1.29 is 31.4 Å². The van der Waals surface area contributed by atoms with Crippen LogP contribution in [0.4, 0.5) is 14.6 Å². The van der Waals surface area contributed by atoms with Crippen LogP contribution >= 0.6 is 0 Å². The minimum Gasteiger partial charge on any atom is -0.497 e. The second kappa shape index (κ2) is 12.9. The number of rotatable bonds is 10. The number of benzene rings is 2. The summed E-state index contributed by atoms with van der Waals surface area (Å²) >= 11 is 0. The molecule has 1 aliphatic carbocycles. The van der Waals surface area contributed by atoms with Crippen molar-refractivity contribution in [2.45, 2.75) is 56.1 Å². The molecule has 0 spiro atoms. The van der Waals surface area contributed by atoms with Crippen LogP contribution in [0, 0.1) is 18.6 Å². The standard InChI is InChI=1S/C31H32F2N4O5S/c1-20-23(8-6-13-35-20)24-7-4-5-9-27(24)42-29-16-26(33)30(17-25(29)32)43(38,39)37(31-12-14-34-19-36-31)18-21-10-11-22(40-2)15-28(21)41-3/h6,8,10-17,19,24,27H,4-5,7,9,18H2,1-3H3/t24-,27+/m1/s1. The average Bonchev–Trinajstić information content (AvgIpc) is 3.02. The van der Waals surface area contributed by atoms with Crippen molar-refractivity contribution in [1.82, 2.24) is 15.0 Å². The van der Waals surface area contributed by atoms with Gasteiger partial charge in [-0.25, -0.2) is 31.5 Å². The topological polar surface area (TPSA) is 104 Å². The molecule has 4 aromatic rings. The van der Waals surface area contributed by atoms with Crippen LogP contribution in [0.1, 0.15) is 48.4 Å². The van der Waals surface area contributed by atoms with Gasteiger partial charge >= 0.3 is 0 Å². The van der Waals surface area contributed by atoms with Crippen LogP contribution in [-0.4, -0.2) is 43.7 Å². The van der Waals surface area contributed by atoms with Crippen molar-refractivity contribution in [3.8, 4) is 17.2 Å². The van der Waals surface area contributed by atoms with Gasteiger partial charge in [0.15, 0.2) is 11.6 Å². The van der Waals surface area contributed by atoms with E-state index in [2.05, 4.69) is 15.0 Å². The summed E-state index contributed by atoms with van der Waals surface area (Å²) < 4.78 is 76.8. The number of methoxy groups -OCH3 is 2. The van der Waals surface area contributed by atoms with Crippen LogP contribution in [0.25, 0.3) is 0 Å². The molecule has 2 aromatic heterocycles. The third-order valence-electron chi connectivity index (χ3n) is 7.61. The lowest BCUT2D eigenvalue weighted by atomic mass is 9.81. The highest BCUT2D eigenvalue weighted by atomic mass is 32.2. The third kappa shape index (κ3) is 6.38. The first-order valence-electron chi connectivity index (χ1n) is 13.8. The van der Waals surface area contributed by atoms with Crippen LogP contribution < -0.4 is 18.5 Å². The molecule has 2 atom stereocenters. The van der Waals surface area contributed by atoms with Gasteiger partial charge in [0.25, 0.3) is 10.0 Å². The zero-order valence-electron chi connectivity index (χ0n) is 24.0. The Labute approximate surface area is 249 Å². The minimum atomic E-state index is -4.68. The Hall–Kier alpha value is -4.32. The number of anilines is 1. The fourth-order valence-electron chi connectivity index (χ4n) is 5.42. The summed E-state index contributed by atoms with van der Waals surface area (Å²) in [4.78, 5) is 11.4. The Kier molecular flexibility index (Phi) is 9.05. The number of aromatic nitrogens is 3. The van der Waals surface area contributed by atoms with Gasteiger partial charge in [0, 0.05) is 53.8 Å². The molecule has 1 aliphatic rings. The van der Waals surface area contributed by atoms with Gasteiger partial charge in [-0.2, -0.15) is 0 Å². The minimum absolute atomic E-state index is 0.0371. The Morgan fingerprint density at radius 1 is 0.930 bits per heavy atom. The fourth-order valence-corrected chi connectivity index (χ4v) is 6.88. The Balaban J connectivity index is 1.49. The first-order chi connectivity index (χ1) is 20.7. The van der Waals surface area contributed by atoms with E-state index in [0.717, 1.165) is 40.9 Å². The zero-order chi connectivity index (χ0) is 30.6. The van der Waals surface area contributed by atoms with E-state index in [9.17, 15) is 8.42 Å². The van der Waals surface area contributed by atoms with Gasteiger partial charge in [-0.05, 0) is 49.9 Å². The fraction of sp³-hybridized carbons (Fsp3) is 0.323. The number of aryl methyl sites for hydroxylation is 1. The highest BCUT2D eigenvalue weighted by Gasteiger charge is 2.34. The summed E-state index contributed by atoms with van der Waals surface area (Å²) in [5.74, 6) is -1.74. The summed E-state index contributed by atoms with van der Waals surface area (Å²) in [7, 11) is -1.75. The number of hydrogen-bond donors (Lipinski definition) is 0. The lowest BCUT2D eigenvalue weighted by Crippen LogP contribution is -2.32. The van der Waals surface area contributed by atoms with Gasteiger partial charge in [0.1, 0.15) is 40.5 Å². The van der Waals surface area contributed by atoms with Crippen LogP contribution in [0.15, 0.2) is 72.1 Å². The molecular formula is C31H32F2N4O5S. The molecule has 43 heavy (non-hydrogen) atoms. The maximum atomic E-state index is 15.7. The normalized spacial score (nSPS) is 16.9. The zero-order valence-corrected chi connectivity index (χ0v) is 24.9. The van der Waals surface area contributed by atoms with E-state index in [1.807, 2.05) is 19.1 Å². The summed E-state index contributed by atoms with van der Waals surface area (Å²) in [6.07, 6.45) is 7.12. The third-order valence-corrected chi connectivity index (χ3v) is 9.38. The molecule has 1 fully saturated rings. The molecule has 0 unspecified atom stereocenters. The second-order valence-electron chi connectivity index (χ2n) is 10.2. The van der Waals surface area contributed by atoms with Gasteiger partial charge < -0.3 is 14.2 Å². The van der Waals surface area contributed by atoms with E-state index in [1.165, 1.54) is 32.8 Å². The molecular weight excluding hydrogens is 578 g/mol. The van der Waals surface area contributed by atoms with Crippen LogP contribution in [0.5, 0.6) is 17.2 Å². The molecule has 0 aliphatic heterocycles. The van der Waals surface area contributed by atoms with E-state index < -0.39 is 32.7 Å². The molecule has 0 amide bonds. The van der Waals surface area contributed by atoms with E-state index >= 15 is 8.78 Å². The Bertz CT molecular complexity index is 1690. The molecule has 1 saturated carbocycles. The molecule has 9 nitrogen and oxygen atoms in total. The van der Waals surface area contributed by atoms with Gasteiger partial charge in [0.2, 0.25) is 0 Å². The van der Waals surface area contributed by atoms with E-state index in [1.54, 1.807) is 24.4 Å². The lowest BCUT2D eigenvalue weighted by molar-refractivity contribution is 0.123. The van der Waals surface area contributed by atoms with Crippen LogP contribution in [0.3, 0.4) is 0 Å². The van der Waals surface area contributed by atoms with E-state index in [-0.39, 0.29) is 24.0 Å². The Morgan fingerprint density at radius 3 is 2.47 bits per heavy atom. The SMILES string of the molecule is COc1ccc(CN(c2ccncn2)S(=O)(=O)c2cc(F)c(O[C@H]3CCCC[C@@H]3c3cccnc3C)cc2F)c(OC)c1. The number of pyridine rings is 1. The predicted octanol–water partition coefficient (Wildman–Crippen LogP) is 5.98. The van der Waals surface area contributed by atoms with Crippen molar-refractivity contribution in [3.05, 3.63) is 95.7 Å². The van der Waals surface area contributed by atoms with Crippen molar-refractivity contribution in [2.24, 2.45) is 0 Å². The molecule has 226 valence electrons. The number of halogens is 2. The second-order valence-corrected chi connectivity index (χ2v) is 12.0. The largest absolute Gasteiger partial charge is 0.497 e. The quantitative estimate of drug-likeness (QED) is 0.216. The number of ether oxygens (including phenoxy) is 3. The van der Waals surface area contributed by atoms with Crippen molar-refractivity contribution in [1.29, 1.82) is 0 Å². The van der Waals surface area contributed by atoms with Gasteiger partial charge in [-0.15, -0.1) is 0 Å².